The fraction of sp³-hybridized carbons (Fsp3) is 0.200. The van der Waals surface area contributed by atoms with E-state index in [9.17, 15) is 4.79 Å². The fourth-order valence-corrected chi connectivity index (χ4v) is 1.51. The number of carbonyl (C=O) groups excluding carboxylic acids is 1. The van der Waals surface area contributed by atoms with Gasteiger partial charge in [-0.2, -0.15) is 0 Å². The van der Waals surface area contributed by atoms with Crippen molar-refractivity contribution in [2.45, 2.75) is 13.5 Å². The van der Waals surface area contributed by atoms with Gasteiger partial charge in [0.1, 0.15) is 11.7 Å². The summed E-state index contributed by atoms with van der Waals surface area (Å²) in [5, 5.41) is 10.4. The van der Waals surface area contributed by atoms with Crippen LogP contribution in [0.2, 0.25) is 5.15 Å². The highest BCUT2D eigenvalue weighted by Gasteiger charge is 2.07. The Morgan fingerprint density at radius 1 is 1.53 bits per heavy atom. The van der Waals surface area contributed by atoms with Crippen LogP contribution >= 0.6 is 11.6 Å². The van der Waals surface area contributed by atoms with Gasteiger partial charge in [0, 0.05) is 6.20 Å². The van der Waals surface area contributed by atoms with Gasteiger partial charge < -0.3 is 5.32 Å². The van der Waals surface area contributed by atoms with Gasteiger partial charge in [-0.25, -0.2) is 9.67 Å². The predicted molar refractivity (Wildman–Crippen MR) is 62.6 cm³/mol. The first-order valence-electron chi connectivity index (χ1n) is 4.92. The number of pyridine rings is 1. The topological polar surface area (TPSA) is 72.7 Å². The lowest BCUT2D eigenvalue weighted by Gasteiger charge is -2.07. The molecule has 2 aromatic rings. The lowest BCUT2D eigenvalue weighted by atomic mass is 10.3. The summed E-state index contributed by atoms with van der Waals surface area (Å²) in [5.74, 6) is -0.192. The third kappa shape index (κ3) is 3.01. The minimum atomic E-state index is -0.192. The Labute approximate surface area is 103 Å². The molecule has 0 radical (unpaired) electrons. The third-order valence-corrected chi connectivity index (χ3v) is 2.31. The number of amides is 1. The van der Waals surface area contributed by atoms with Crippen LogP contribution in [0, 0.1) is 6.92 Å². The maximum Gasteiger partial charge on any atom is 0.246 e. The molecule has 0 atom stereocenters. The van der Waals surface area contributed by atoms with Gasteiger partial charge >= 0.3 is 0 Å². The number of nitrogens with zero attached hydrogens (tertiary/aromatic N) is 4. The van der Waals surface area contributed by atoms with E-state index in [4.69, 9.17) is 11.6 Å². The number of hydrogen-bond acceptors (Lipinski definition) is 4. The van der Waals surface area contributed by atoms with Crippen molar-refractivity contribution in [1.82, 2.24) is 20.0 Å². The van der Waals surface area contributed by atoms with Crippen LogP contribution in [-0.2, 0) is 11.3 Å². The number of nitrogens with one attached hydrogen (secondary N) is 1. The Morgan fingerprint density at radius 2 is 2.35 bits per heavy atom. The SMILES string of the molecule is Cc1nc(Cl)ccc1NC(=O)Cn1ccnn1. The first-order chi connectivity index (χ1) is 8.15. The van der Waals surface area contributed by atoms with Crippen molar-refractivity contribution in [2.75, 3.05) is 5.32 Å². The molecule has 0 saturated heterocycles. The summed E-state index contributed by atoms with van der Waals surface area (Å²) in [6.45, 7) is 1.89. The van der Waals surface area contributed by atoms with Crippen molar-refractivity contribution >= 4 is 23.2 Å². The molecule has 0 aliphatic carbocycles. The van der Waals surface area contributed by atoms with Crippen molar-refractivity contribution in [2.24, 2.45) is 0 Å². The summed E-state index contributed by atoms with van der Waals surface area (Å²) in [4.78, 5) is 15.7. The third-order valence-electron chi connectivity index (χ3n) is 2.10. The fourth-order valence-electron chi connectivity index (χ4n) is 1.32. The van der Waals surface area contributed by atoms with Gasteiger partial charge in [-0.1, -0.05) is 16.8 Å². The van der Waals surface area contributed by atoms with Crippen LogP contribution in [0.5, 0.6) is 0 Å². The Hall–Kier alpha value is -1.95. The molecule has 0 aliphatic heterocycles. The normalized spacial score (nSPS) is 10.2. The van der Waals surface area contributed by atoms with Crippen molar-refractivity contribution in [3.63, 3.8) is 0 Å². The van der Waals surface area contributed by atoms with Crippen LogP contribution in [-0.4, -0.2) is 25.9 Å². The molecule has 6 nitrogen and oxygen atoms in total. The molecule has 0 unspecified atom stereocenters. The second-order valence-corrected chi connectivity index (χ2v) is 3.80. The molecule has 1 N–H and O–H groups in total. The number of anilines is 1. The zero-order chi connectivity index (χ0) is 12.3. The number of carbonyl (C=O) groups is 1. The lowest BCUT2D eigenvalue weighted by molar-refractivity contribution is -0.116. The molecule has 0 fully saturated rings. The zero-order valence-corrected chi connectivity index (χ0v) is 9.85. The van der Waals surface area contributed by atoms with E-state index in [0.29, 0.717) is 16.5 Å². The Balaban J connectivity index is 2.03. The Bertz CT molecular complexity index is 525. The second-order valence-electron chi connectivity index (χ2n) is 3.42. The van der Waals surface area contributed by atoms with Crippen molar-refractivity contribution < 1.29 is 4.79 Å². The summed E-state index contributed by atoms with van der Waals surface area (Å²) in [5.41, 5.74) is 1.31. The summed E-state index contributed by atoms with van der Waals surface area (Å²) in [6.07, 6.45) is 3.13. The highest BCUT2D eigenvalue weighted by Crippen LogP contribution is 2.15. The zero-order valence-electron chi connectivity index (χ0n) is 9.09. The van der Waals surface area contributed by atoms with Gasteiger partial charge in [0.05, 0.1) is 17.6 Å². The Kier molecular flexibility index (Phi) is 3.34. The van der Waals surface area contributed by atoms with E-state index in [1.165, 1.54) is 10.9 Å². The molecule has 0 aromatic carbocycles. The molecule has 17 heavy (non-hydrogen) atoms. The molecule has 0 saturated carbocycles. The number of aromatic nitrogens is 4. The monoisotopic (exact) mass is 251 g/mol. The number of aryl methyl sites for hydroxylation is 1. The molecule has 0 bridgehead atoms. The van der Waals surface area contributed by atoms with Crippen LogP contribution in [0.3, 0.4) is 0 Å². The van der Waals surface area contributed by atoms with Crippen LogP contribution < -0.4 is 5.32 Å². The molecule has 1 amide bonds. The maximum atomic E-state index is 11.7. The molecule has 0 spiro atoms. The number of rotatable bonds is 3. The first kappa shape index (κ1) is 11.5. The quantitative estimate of drug-likeness (QED) is 0.834. The molecule has 2 heterocycles. The minimum absolute atomic E-state index is 0.113. The van der Waals surface area contributed by atoms with Crippen LogP contribution in [0.1, 0.15) is 5.69 Å². The summed E-state index contributed by atoms with van der Waals surface area (Å²) >= 11 is 5.72. The smallest absolute Gasteiger partial charge is 0.246 e. The Morgan fingerprint density at radius 3 is 3.00 bits per heavy atom. The van der Waals surface area contributed by atoms with Gasteiger partial charge in [-0.3, -0.25) is 4.79 Å². The van der Waals surface area contributed by atoms with E-state index in [1.54, 1.807) is 25.3 Å². The van der Waals surface area contributed by atoms with Crippen LogP contribution in [0.4, 0.5) is 5.69 Å². The molecule has 88 valence electrons. The van der Waals surface area contributed by atoms with Gasteiger partial charge in [0.15, 0.2) is 0 Å². The highest BCUT2D eigenvalue weighted by molar-refractivity contribution is 6.29. The standard InChI is InChI=1S/C10H10ClN5O/c1-7-8(2-3-9(11)13-7)14-10(17)6-16-5-4-12-15-16/h2-5H,6H2,1H3,(H,14,17). The average molecular weight is 252 g/mol. The van der Waals surface area contributed by atoms with Crippen LogP contribution in [0.25, 0.3) is 0 Å². The molecular weight excluding hydrogens is 242 g/mol. The molecule has 7 heteroatoms. The van der Waals surface area contributed by atoms with E-state index in [2.05, 4.69) is 20.6 Å². The highest BCUT2D eigenvalue weighted by atomic mass is 35.5. The van der Waals surface area contributed by atoms with E-state index >= 15 is 0 Å². The average Bonchev–Trinajstić information content (AvgIpc) is 2.75. The summed E-state index contributed by atoms with van der Waals surface area (Å²) < 4.78 is 1.44. The second kappa shape index (κ2) is 4.92. The van der Waals surface area contributed by atoms with E-state index in [0.717, 1.165) is 0 Å². The van der Waals surface area contributed by atoms with Crippen LogP contribution in [0.15, 0.2) is 24.5 Å². The predicted octanol–water partition coefficient (Wildman–Crippen LogP) is 1.27. The largest absolute Gasteiger partial charge is 0.323 e. The maximum absolute atomic E-state index is 11.7. The summed E-state index contributed by atoms with van der Waals surface area (Å²) in [7, 11) is 0. The van der Waals surface area contributed by atoms with E-state index in [1.807, 2.05) is 0 Å². The first-order valence-corrected chi connectivity index (χ1v) is 5.30. The number of hydrogen-bond donors (Lipinski definition) is 1. The number of halogens is 1. The van der Waals surface area contributed by atoms with Gasteiger partial charge in [0.25, 0.3) is 0 Å². The van der Waals surface area contributed by atoms with Crippen molar-refractivity contribution in [1.29, 1.82) is 0 Å². The van der Waals surface area contributed by atoms with Gasteiger partial charge in [-0.15, -0.1) is 5.10 Å². The summed E-state index contributed by atoms with van der Waals surface area (Å²) in [6, 6.07) is 3.34. The van der Waals surface area contributed by atoms with Crippen molar-refractivity contribution in [3.8, 4) is 0 Å². The molecule has 2 rings (SSSR count). The van der Waals surface area contributed by atoms with E-state index in [-0.39, 0.29) is 12.5 Å². The molecular formula is C10H10ClN5O. The van der Waals surface area contributed by atoms with Crippen molar-refractivity contribution in [3.05, 3.63) is 35.4 Å². The molecule has 2 aromatic heterocycles. The lowest BCUT2D eigenvalue weighted by Crippen LogP contribution is -2.19. The van der Waals surface area contributed by atoms with E-state index < -0.39 is 0 Å². The van der Waals surface area contributed by atoms with Gasteiger partial charge in [0.2, 0.25) is 5.91 Å². The molecule has 0 aliphatic rings. The van der Waals surface area contributed by atoms with Gasteiger partial charge in [-0.05, 0) is 19.1 Å². The minimum Gasteiger partial charge on any atom is -0.323 e.